The molecular weight excluding hydrogens is 256 g/mol. The van der Waals surface area contributed by atoms with E-state index >= 15 is 0 Å². The molecule has 1 saturated heterocycles. The van der Waals surface area contributed by atoms with Crippen molar-refractivity contribution in [3.63, 3.8) is 0 Å². The maximum atomic E-state index is 11.6. The van der Waals surface area contributed by atoms with Crippen LogP contribution in [0, 0.1) is 11.8 Å². The molecule has 1 heterocycles. The first-order valence-electron chi connectivity index (χ1n) is 7.76. The number of likely N-dealkylation sites (tertiary alicyclic amines) is 1. The van der Waals surface area contributed by atoms with Crippen LogP contribution in [-0.4, -0.2) is 61.9 Å². The van der Waals surface area contributed by atoms with Crippen molar-refractivity contribution >= 4 is 5.97 Å². The Morgan fingerprint density at radius 3 is 2.95 bits per heavy atom. The van der Waals surface area contributed by atoms with Crippen molar-refractivity contribution in [3.05, 3.63) is 0 Å². The van der Waals surface area contributed by atoms with Crippen LogP contribution in [0.5, 0.6) is 0 Å². The summed E-state index contributed by atoms with van der Waals surface area (Å²) in [5.41, 5.74) is -0.689. The lowest BCUT2D eigenvalue weighted by molar-refractivity contribution is -0.146. The Balaban J connectivity index is 1.83. The van der Waals surface area contributed by atoms with E-state index < -0.39 is 11.5 Å². The van der Waals surface area contributed by atoms with Gasteiger partial charge in [-0.15, -0.1) is 0 Å². The predicted molar refractivity (Wildman–Crippen MR) is 77.8 cm³/mol. The van der Waals surface area contributed by atoms with E-state index in [4.69, 9.17) is 4.74 Å². The summed E-state index contributed by atoms with van der Waals surface area (Å²) < 4.78 is 5.22. The standard InChI is InChI=1S/C15H28N2O3/c1-16-15(14(18)19)7-3-4-13(15)6-9-17-8-5-12(10-17)11-20-2/h12-13,16H,3-11H2,1-2H3,(H,18,19). The Hall–Kier alpha value is -0.650. The summed E-state index contributed by atoms with van der Waals surface area (Å²) in [7, 11) is 3.55. The van der Waals surface area contributed by atoms with Crippen LogP contribution in [0.25, 0.3) is 0 Å². The molecule has 3 unspecified atom stereocenters. The third-order valence-corrected chi connectivity index (χ3v) is 5.21. The van der Waals surface area contributed by atoms with Gasteiger partial charge in [-0.25, -0.2) is 0 Å². The normalized spacial score (nSPS) is 34.7. The molecule has 2 N–H and O–H groups in total. The highest BCUT2D eigenvalue weighted by Gasteiger charge is 2.47. The first-order valence-corrected chi connectivity index (χ1v) is 7.76. The van der Waals surface area contributed by atoms with E-state index in [0.717, 1.165) is 51.9 Å². The molecular formula is C15H28N2O3. The monoisotopic (exact) mass is 284 g/mol. The third-order valence-electron chi connectivity index (χ3n) is 5.21. The summed E-state index contributed by atoms with van der Waals surface area (Å²) in [6.07, 6.45) is 4.99. The van der Waals surface area contributed by atoms with E-state index in [1.165, 1.54) is 6.42 Å². The number of methoxy groups -OCH3 is 1. The Morgan fingerprint density at radius 2 is 2.30 bits per heavy atom. The minimum atomic E-state index is -0.689. The van der Waals surface area contributed by atoms with Gasteiger partial charge in [-0.3, -0.25) is 4.79 Å². The summed E-state index contributed by atoms with van der Waals surface area (Å²) in [4.78, 5) is 14.1. The van der Waals surface area contributed by atoms with Gasteiger partial charge in [-0.05, 0) is 57.7 Å². The fourth-order valence-electron chi connectivity index (χ4n) is 4.01. The molecule has 1 saturated carbocycles. The van der Waals surface area contributed by atoms with Crippen molar-refractivity contribution in [3.8, 4) is 0 Å². The number of carbonyl (C=O) groups is 1. The van der Waals surface area contributed by atoms with Gasteiger partial charge in [0.2, 0.25) is 0 Å². The fraction of sp³-hybridized carbons (Fsp3) is 0.933. The summed E-state index contributed by atoms with van der Waals surface area (Å²) in [5.74, 6) is 0.227. The summed E-state index contributed by atoms with van der Waals surface area (Å²) in [6, 6.07) is 0. The number of rotatable bonds is 7. The second-order valence-corrected chi connectivity index (χ2v) is 6.31. The molecule has 5 nitrogen and oxygen atoms in total. The molecule has 2 rings (SSSR count). The molecule has 2 fully saturated rings. The molecule has 116 valence electrons. The number of likely N-dealkylation sites (N-methyl/N-ethyl adjacent to an activating group) is 1. The Morgan fingerprint density at radius 1 is 1.50 bits per heavy atom. The first kappa shape index (κ1) is 15.7. The van der Waals surface area contributed by atoms with Crippen molar-refractivity contribution in [2.75, 3.05) is 40.4 Å². The minimum Gasteiger partial charge on any atom is -0.480 e. The molecule has 1 aliphatic carbocycles. The molecule has 20 heavy (non-hydrogen) atoms. The molecule has 3 atom stereocenters. The Bertz CT molecular complexity index is 337. The van der Waals surface area contributed by atoms with E-state index in [2.05, 4.69) is 10.2 Å². The van der Waals surface area contributed by atoms with Crippen molar-refractivity contribution in [2.45, 2.75) is 37.6 Å². The lowest BCUT2D eigenvalue weighted by Gasteiger charge is -2.32. The third kappa shape index (κ3) is 3.15. The lowest BCUT2D eigenvalue weighted by atomic mass is 9.84. The second-order valence-electron chi connectivity index (χ2n) is 6.31. The van der Waals surface area contributed by atoms with Crippen molar-refractivity contribution < 1.29 is 14.6 Å². The SMILES string of the molecule is CNC1(C(=O)O)CCCC1CCN1CCC(COC)C1. The molecule has 0 amide bonds. The number of carboxylic acid groups (broad SMARTS) is 1. The molecule has 0 aromatic carbocycles. The maximum absolute atomic E-state index is 11.6. The smallest absolute Gasteiger partial charge is 0.324 e. The zero-order valence-electron chi connectivity index (χ0n) is 12.7. The van der Waals surface area contributed by atoms with E-state index in [9.17, 15) is 9.90 Å². The number of aliphatic carboxylic acids is 1. The van der Waals surface area contributed by atoms with Crippen LogP contribution in [0.3, 0.4) is 0 Å². The van der Waals surface area contributed by atoms with Gasteiger partial charge < -0.3 is 20.1 Å². The minimum absolute atomic E-state index is 0.256. The fourth-order valence-corrected chi connectivity index (χ4v) is 4.01. The van der Waals surface area contributed by atoms with E-state index in [-0.39, 0.29) is 5.92 Å². The number of nitrogens with zero attached hydrogens (tertiary/aromatic N) is 1. The second kappa shape index (κ2) is 6.87. The molecule has 0 aromatic rings. The first-order chi connectivity index (χ1) is 9.62. The molecule has 0 aromatic heterocycles. The average Bonchev–Trinajstić information content (AvgIpc) is 3.03. The van der Waals surface area contributed by atoms with Gasteiger partial charge >= 0.3 is 5.97 Å². The molecule has 2 aliphatic rings. The van der Waals surface area contributed by atoms with Crippen molar-refractivity contribution in [1.29, 1.82) is 0 Å². The molecule has 0 bridgehead atoms. The summed E-state index contributed by atoms with van der Waals surface area (Å²) >= 11 is 0. The Labute approximate surface area is 121 Å². The van der Waals surface area contributed by atoms with Crippen LogP contribution in [0.1, 0.15) is 32.1 Å². The van der Waals surface area contributed by atoms with Gasteiger partial charge in [0.15, 0.2) is 0 Å². The quantitative estimate of drug-likeness (QED) is 0.735. The van der Waals surface area contributed by atoms with Crippen LogP contribution < -0.4 is 5.32 Å². The zero-order valence-corrected chi connectivity index (χ0v) is 12.7. The van der Waals surface area contributed by atoms with Crippen molar-refractivity contribution in [1.82, 2.24) is 10.2 Å². The van der Waals surface area contributed by atoms with E-state index in [1.807, 2.05) is 0 Å². The van der Waals surface area contributed by atoms with E-state index in [0.29, 0.717) is 5.92 Å². The number of ether oxygens (including phenoxy) is 1. The lowest BCUT2D eigenvalue weighted by Crippen LogP contribution is -2.53. The summed E-state index contributed by atoms with van der Waals surface area (Å²) in [5, 5.41) is 12.6. The molecule has 0 radical (unpaired) electrons. The van der Waals surface area contributed by atoms with Gasteiger partial charge in [-0.1, -0.05) is 6.42 Å². The van der Waals surface area contributed by atoms with Gasteiger partial charge in [0.05, 0.1) is 6.61 Å². The van der Waals surface area contributed by atoms with Gasteiger partial charge in [-0.2, -0.15) is 0 Å². The highest BCUT2D eigenvalue weighted by atomic mass is 16.5. The Kier molecular flexibility index (Phi) is 5.41. The maximum Gasteiger partial charge on any atom is 0.324 e. The molecule has 0 spiro atoms. The van der Waals surface area contributed by atoms with Crippen LogP contribution in [0.2, 0.25) is 0 Å². The number of nitrogens with one attached hydrogen (secondary N) is 1. The van der Waals surface area contributed by atoms with Crippen LogP contribution >= 0.6 is 0 Å². The van der Waals surface area contributed by atoms with Gasteiger partial charge in [0.1, 0.15) is 5.54 Å². The highest BCUT2D eigenvalue weighted by molar-refractivity contribution is 5.79. The molecule has 5 heteroatoms. The van der Waals surface area contributed by atoms with Gasteiger partial charge in [0.25, 0.3) is 0 Å². The van der Waals surface area contributed by atoms with Gasteiger partial charge in [0, 0.05) is 13.7 Å². The average molecular weight is 284 g/mol. The summed E-state index contributed by atoms with van der Waals surface area (Å²) in [6.45, 7) is 4.08. The largest absolute Gasteiger partial charge is 0.480 e. The van der Waals surface area contributed by atoms with Crippen LogP contribution in [-0.2, 0) is 9.53 Å². The topological polar surface area (TPSA) is 61.8 Å². The van der Waals surface area contributed by atoms with Crippen LogP contribution in [0.4, 0.5) is 0 Å². The molecule has 1 aliphatic heterocycles. The van der Waals surface area contributed by atoms with Crippen LogP contribution in [0.15, 0.2) is 0 Å². The highest BCUT2D eigenvalue weighted by Crippen LogP contribution is 2.38. The van der Waals surface area contributed by atoms with Crippen molar-refractivity contribution in [2.24, 2.45) is 11.8 Å². The number of hydrogen-bond donors (Lipinski definition) is 2. The zero-order chi connectivity index (χ0) is 14.6. The number of carboxylic acids is 1. The van der Waals surface area contributed by atoms with E-state index in [1.54, 1.807) is 14.2 Å². The predicted octanol–water partition coefficient (Wildman–Crippen LogP) is 1.19. The number of hydrogen-bond acceptors (Lipinski definition) is 4.